The summed E-state index contributed by atoms with van der Waals surface area (Å²) in [4.78, 5) is 24.5. The molecule has 98 valence electrons. The lowest BCUT2D eigenvalue weighted by molar-refractivity contribution is -0.128. The van der Waals surface area contributed by atoms with Crippen molar-refractivity contribution in [2.75, 3.05) is 26.4 Å². The standard InChI is InChI=1S/C12H17N3O3/c1-15(2)11(17)5-6-14-12(18)9-7-8(16)3-4-10(9)13/h3-4,7,16H,5-6,13H2,1-2H3,(H,14,18). The van der Waals surface area contributed by atoms with Gasteiger partial charge in [-0.25, -0.2) is 0 Å². The van der Waals surface area contributed by atoms with Gasteiger partial charge in [-0.1, -0.05) is 0 Å². The van der Waals surface area contributed by atoms with Crippen molar-refractivity contribution in [1.29, 1.82) is 0 Å². The van der Waals surface area contributed by atoms with Gasteiger partial charge in [0.1, 0.15) is 5.75 Å². The molecule has 1 aromatic rings. The van der Waals surface area contributed by atoms with Crippen molar-refractivity contribution in [1.82, 2.24) is 10.2 Å². The quantitative estimate of drug-likeness (QED) is 0.525. The number of carbonyl (C=O) groups excluding carboxylic acids is 2. The van der Waals surface area contributed by atoms with Gasteiger partial charge in [-0.05, 0) is 18.2 Å². The largest absolute Gasteiger partial charge is 0.508 e. The molecule has 0 aliphatic heterocycles. The van der Waals surface area contributed by atoms with Crippen LogP contribution in [0.25, 0.3) is 0 Å². The van der Waals surface area contributed by atoms with E-state index in [1.807, 2.05) is 0 Å². The Hall–Kier alpha value is -2.24. The highest BCUT2D eigenvalue weighted by molar-refractivity contribution is 5.99. The zero-order chi connectivity index (χ0) is 13.7. The van der Waals surface area contributed by atoms with Crippen LogP contribution in [-0.4, -0.2) is 42.5 Å². The zero-order valence-corrected chi connectivity index (χ0v) is 10.4. The second kappa shape index (κ2) is 5.90. The van der Waals surface area contributed by atoms with Crippen LogP contribution in [0.5, 0.6) is 5.75 Å². The van der Waals surface area contributed by atoms with E-state index in [0.717, 1.165) is 0 Å². The molecule has 0 fully saturated rings. The molecule has 0 bridgehead atoms. The number of nitrogens with two attached hydrogens (primary N) is 1. The fourth-order valence-electron chi connectivity index (χ4n) is 1.34. The molecular weight excluding hydrogens is 234 g/mol. The first-order chi connectivity index (χ1) is 8.41. The van der Waals surface area contributed by atoms with Gasteiger partial charge in [0, 0.05) is 32.7 Å². The van der Waals surface area contributed by atoms with E-state index in [1.165, 1.54) is 23.1 Å². The van der Waals surface area contributed by atoms with Crippen molar-refractivity contribution < 1.29 is 14.7 Å². The average Bonchev–Trinajstić information content (AvgIpc) is 2.31. The van der Waals surface area contributed by atoms with Crippen LogP contribution >= 0.6 is 0 Å². The summed E-state index contributed by atoms with van der Waals surface area (Å²) in [7, 11) is 3.30. The summed E-state index contributed by atoms with van der Waals surface area (Å²) in [5.41, 5.74) is 6.11. The first kappa shape index (κ1) is 13.8. The molecule has 2 amide bonds. The van der Waals surface area contributed by atoms with Gasteiger partial charge >= 0.3 is 0 Å². The molecule has 1 aromatic carbocycles. The number of nitrogens with zero attached hydrogens (tertiary/aromatic N) is 1. The van der Waals surface area contributed by atoms with Gasteiger partial charge in [0.25, 0.3) is 5.91 Å². The number of nitrogens with one attached hydrogen (secondary N) is 1. The van der Waals surface area contributed by atoms with Crippen LogP contribution in [0.2, 0.25) is 0 Å². The molecule has 0 unspecified atom stereocenters. The Morgan fingerprint density at radius 1 is 1.39 bits per heavy atom. The molecule has 18 heavy (non-hydrogen) atoms. The van der Waals surface area contributed by atoms with E-state index in [-0.39, 0.29) is 35.9 Å². The average molecular weight is 251 g/mol. The molecule has 0 spiro atoms. The first-order valence-electron chi connectivity index (χ1n) is 5.48. The van der Waals surface area contributed by atoms with E-state index in [9.17, 15) is 14.7 Å². The van der Waals surface area contributed by atoms with E-state index in [4.69, 9.17) is 5.73 Å². The van der Waals surface area contributed by atoms with Crippen molar-refractivity contribution in [2.45, 2.75) is 6.42 Å². The zero-order valence-electron chi connectivity index (χ0n) is 10.4. The predicted molar refractivity (Wildman–Crippen MR) is 68.2 cm³/mol. The van der Waals surface area contributed by atoms with Gasteiger partial charge in [-0.15, -0.1) is 0 Å². The molecule has 0 heterocycles. The van der Waals surface area contributed by atoms with E-state index < -0.39 is 5.91 Å². The summed E-state index contributed by atoms with van der Waals surface area (Å²) in [6.45, 7) is 0.227. The summed E-state index contributed by atoms with van der Waals surface area (Å²) >= 11 is 0. The third-order valence-electron chi connectivity index (χ3n) is 2.40. The molecule has 0 aliphatic carbocycles. The highest BCUT2D eigenvalue weighted by atomic mass is 16.3. The number of hydrogen-bond acceptors (Lipinski definition) is 4. The highest BCUT2D eigenvalue weighted by Crippen LogP contribution is 2.18. The molecule has 0 aliphatic rings. The summed E-state index contributed by atoms with van der Waals surface area (Å²) < 4.78 is 0. The molecule has 6 nitrogen and oxygen atoms in total. The molecule has 0 aromatic heterocycles. The number of phenols is 1. The number of aromatic hydroxyl groups is 1. The Bertz CT molecular complexity index is 458. The number of hydrogen-bond donors (Lipinski definition) is 3. The van der Waals surface area contributed by atoms with Crippen molar-refractivity contribution in [2.24, 2.45) is 0 Å². The molecule has 4 N–H and O–H groups in total. The fourth-order valence-corrected chi connectivity index (χ4v) is 1.34. The normalized spacial score (nSPS) is 9.89. The Labute approximate surface area is 105 Å². The predicted octanol–water partition coefficient (Wildman–Crippen LogP) is 0.182. The van der Waals surface area contributed by atoms with Crippen LogP contribution in [0.15, 0.2) is 18.2 Å². The van der Waals surface area contributed by atoms with E-state index in [0.29, 0.717) is 0 Å². The van der Waals surface area contributed by atoms with Crippen molar-refractivity contribution in [3.05, 3.63) is 23.8 Å². The number of benzene rings is 1. The molecule has 1 rings (SSSR count). The lowest BCUT2D eigenvalue weighted by Gasteiger charge is -2.11. The maximum Gasteiger partial charge on any atom is 0.253 e. The van der Waals surface area contributed by atoms with Crippen LogP contribution in [0.3, 0.4) is 0 Å². The maximum atomic E-state index is 11.7. The minimum atomic E-state index is -0.407. The van der Waals surface area contributed by atoms with Gasteiger partial charge < -0.3 is 21.1 Å². The monoisotopic (exact) mass is 251 g/mol. The number of carbonyl (C=O) groups is 2. The second-order valence-corrected chi connectivity index (χ2v) is 4.07. The molecule has 0 atom stereocenters. The van der Waals surface area contributed by atoms with Crippen molar-refractivity contribution >= 4 is 17.5 Å². The summed E-state index contributed by atoms with van der Waals surface area (Å²) in [5.74, 6) is -0.507. The minimum absolute atomic E-state index is 0.0290. The van der Waals surface area contributed by atoms with E-state index in [1.54, 1.807) is 14.1 Å². The Balaban J connectivity index is 2.56. The third kappa shape index (κ3) is 3.65. The van der Waals surface area contributed by atoms with Crippen LogP contribution in [-0.2, 0) is 4.79 Å². The summed E-state index contributed by atoms with van der Waals surface area (Å²) in [6, 6.07) is 4.15. The minimum Gasteiger partial charge on any atom is -0.508 e. The smallest absolute Gasteiger partial charge is 0.253 e. The Kier molecular flexibility index (Phi) is 4.53. The van der Waals surface area contributed by atoms with Crippen molar-refractivity contribution in [3.63, 3.8) is 0 Å². The maximum absolute atomic E-state index is 11.7. The first-order valence-corrected chi connectivity index (χ1v) is 5.48. The molecule has 6 heteroatoms. The van der Waals surface area contributed by atoms with Gasteiger partial charge in [-0.3, -0.25) is 9.59 Å². The summed E-state index contributed by atoms with van der Waals surface area (Å²) in [6.07, 6.45) is 0.220. The van der Waals surface area contributed by atoms with Crippen LogP contribution < -0.4 is 11.1 Å². The molecule has 0 radical (unpaired) electrons. The highest BCUT2D eigenvalue weighted by Gasteiger charge is 2.11. The Morgan fingerprint density at radius 3 is 2.67 bits per heavy atom. The van der Waals surface area contributed by atoms with Gasteiger partial charge in [0.2, 0.25) is 5.91 Å². The molecule has 0 saturated heterocycles. The summed E-state index contributed by atoms with van der Waals surface area (Å²) in [5, 5.41) is 11.9. The van der Waals surface area contributed by atoms with Gasteiger partial charge in [-0.2, -0.15) is 0 Å². The van der Waals surface area contributed by atoms with Gasteiger partial charge in [0.05, 0.1) is 5.56 Å². The number of anilines is 1. The van der Waals surface area contributed by atoms with Crippen LogP contribution in [0, 0.1) is 0 Å². The molecular formula is C12H17N3O3. The van der Waals surface area contributed by atoms with E-state index in [2.05, 4.69) is 5.32 Å². The van der Waals surface area contributed by atoms with Gasteiger partial charge in [0.15, 0.2) is 0 Å². The SMILES string of the molecule is CN(C)C(=O)CCNC(=O)c1cc(O)ccc1N. The number of rotatable bonds is 4. The lowest BCUT2D eigenvalue weighted by Crippen LogP contribution is -2.30. The van der Waals surface area contributed by atoms with Crippen LogP contribution in [0.1, 0.15) is 16.8 Å². The van der Waals surface area contributed by atoms with Crippen LogP contribution in [0.4, 0.5) is 5.69 Å². The lowest BCUT2D eigenvalue weighted by atomic mass is 10.1. The fraction of sp³-hybridized carbons (Fsp3) is 0.333. The molecule has 0 saturated carbocycles. The van der Waals surface area contributed by atoms with E-state index >= 15 is 0 Å². The third-order valence-corrected chi connectivity index (χ3v) is 2.40. The van der Waals surface area contributed by atoms with Crippen molar-refractivity contribution in [3.8, 4) is 5.75 Å². The Morgan fingerprint density at radius 2 is 2.06 bits per heavy atom. The second-order valence-electron chi connectivity index (χ2n) is 4.07. The topological polar surface area (TPSA) is 95.7 Å². The number of phenolic OH excluding ortho intramolecular Hbond substituents is 1. The number of nitrogen functional groups attached to an aromatic ring is 1. The number of amides is 2.